The predicted molar refractivity (Wildman–Crippen MR) is 137 cm³/mol. The van der Waals surface area contributed by atoms with Gasteiger partial charge in [-0.1, -0.05) is 11.6 Å². The number of carbonyl (C=O) groups excluding carboxylic acids is 2. The smallest absolute Gasteiger partial charge is 0.415 e. The van der Waals surface area contributed by atoms with E-state index in [9.17, 15) is 14.0 Å². The molecule has 0 radical (unpaired) electrons. The fourth-order valence-electron chi connectivity index (χ4n) is 3.34. The van der Waals surface area contributed by atoms with Crippen LogP contribution >= 0.6 is 11.6 Å². The van der Waals surface area contributed by atoms with Crippen LogP contribution in [-0.2, 0) is 16.1 Å². The van der Waals surface area contributed by atoms with Crippen LogP contribution in [0.5, 0.6) is 5.75 Å². The van der Waals surface area contributed by atoms with E-state index < -0.39 is 29.5 Å². The lowest BCUT2D eigenvalue weighted by atomic mass is 10.2. The molecule has 0 unspecified atom stereocenters. The summed E-state index contributed by atoms with van der Waals surface area (Å²) in [4.78, 5) is 30.9. The summed E-state index contributed by atoms with van der Waals surface area (Å²) in [6.07, 6.45) is 0.696. The number of nitrogens with one attached hydrogen (secondary N) is 1. The molecule has 0 aliphatic heterocycles. The van der Waals surface area contributed by atoms with Crippen molar-refractivity contribution in [3.63, 3.8) is 0 Å². The first-order valence-electron chi connectivity index (χ1n) is 11.3. The molecule has 0 bridgehead atoms. The zero-order valence-corrected chi connectivity index (χ0v) is 22.2. The van der Waals surface area contributed by atoms with Crippen molar-refractivity contribution in [3.8, 4) is 5.75 Å². The molecule has 3 aromatic rings. The van der Waals surface area contributed by atoms with Crippen molar-refractivity contribution in [3.05, 3.63) is 46.5 Å². The molecule has 200 valence electrons. The van der Waals surface area contributed by atoms with Gasteiger partial charge in [0.1, 0.15) is 33.7 Å². The average Bonchev–Trinajstić information content (AvgIpc) is 3.22. The standard InChI is InChI=1S/C24H30ClFN6O5/c1-13(11-36-12-14-7-17(27)18(35-6)8-16(14)26)29-22(33)15-10-28-32-20(9-19(25)30-21(15)32)31(5)23(34)37-24(2,3)4/h7-10,13H,11-12,27H2,1-6H3,(H,29,33)/t13-/m1/s1. The third-order valence-corrected chi connectivity index (χ3v) is 5.27. The molecule has 37 heavy (non-hydrogen) atoms. The number of nitrogens with two attached hydrogens (primary N) is 1. The number of amides is 2. The fourth-order valence-corrected chi connectivity index (χ4v) is 3.51. The number of halogens is 2. The number of ether oxygens (including phenoxy) is 3. The lowest BCUT2D eigenvalue weighted by molar-refractivity contribution is 0.0587. The highest BCUT2D eigenvalue weighted by atomic mass is 35.5. The van der Waals surface area contributed by atoms with Gasteiger partial charge in [-0.25, -0.2) is 14.2 Å². The van der Waals surface area contributed by atoms with E-state index in [1.165, 1.54) is 48.0 Å². The van der Waals surface area contributed by atoms with Gasteiger partial charge in [0, 0.05) is 30.8 Å². The number of benzene rings is 1. The van der Waals surface area contributed by atoms with Crippen LogP contribution in [0.4, 0.5) is 20.7 Å². The molecule has 0 spiro atoms. The molecule has 2 amide bonds. The monoisotopic (exact) mass is 536 g/mol. The van der Waals surface area contributed by atoms with Gasteiger partial charge < -0.3 is 25.3 Å². The maximum Gasteiger partial charge on any atom is 0.415 e. The number of nitrogens with zero attached hydrogens (tertiary/aromatic N) is 4. The molecule has 0 fully saturated rings. The number of nitrogen functional groups attached to an aromatic ring is 1. The normalized spacial score (nSPS) is 12.3. The molecule has 1 aromatic carbocycles. The summed E-state index contributed by atoms with van der Waals surface area (Å²) in [6.45, 7) is 7.02. The molecule has 0 aliphatic carbocycles. The quantitative estimate of drug-likeness (QED) is 0.328. The largest absolute Gasteiger partial charge is 0.494 e. The Bertz CT molecular complexity index is 1310. The number of methoxy groups -OCH3 is 1. The third-order valence-electron chi connectivity index (χ3n) is 5.08. The third kappa shape index (κ3) is 6.77. The number of carbonyl (C=O) groups is 2. The zero-order chi connectivity index (χ0) is 27.5. The van der Waals surface area contributed by atoms with Crippen LogP contribution in [-0.4, -0.2) is 59.0 Å². The van der Waals surface area contributed by atoms with E-state index in [1.807, 2.05) is 0 Å². The van der Waals surface area contributed by atoms with Crippen LogP contribution in [0.25, 0.3) is 5.65 Å². The van der Waals surface area contributed by atoms with E-state index in [0.29, 0.717) is 5.69 Å². The van der Waals surface area contributed by atoms with E-state index in [-0.39, 0.29) is 46.7 Å². The van der Waals surface area contributed by atoms with E-state index in [1.54, 1.807) is 27.7 Å². The van der Waals surface area contributed by atoms with E-state index in [0.717, 1.165) is 0 Å². The first-order valence-corrected chi connectivity index (χ1v) is 11.7. The summed E-state index contributed by atoms with van der Waals surface area (Å²) in [5.74, 6) is -0.485. The van der Waals surface area contributed by atoms with Gasteiger partial charge in [-0.15, -0.1) is 0 Å². The minimum atomic E-state index is -0.708. The Morgan fingerprint density at radius 1 is 1.30 bits per heavy atom. The molecule has 2 aromatic heterocycles. The molecule has 2 heterocycles. The molecule has 0 saturated heterocycles. The lowest BCUT2D eigenvalue weighted by Crippen LogP contribution is -2.36. The topological polar surface area (TPSA) is 133 Å². The van der Waals surface area contributed by atoms with E-state index in [4.69, 9.17) is 31.5 Å². The van der Waals surface area contributed by atoms with Gasteiger partial charge in [-0.2, -0.15) is 9.61 Å². The Hall–Kier alpha value is -3.64. The first-order chi connectivity index (χ1) is 17.3. The number of anilines is 2. The summed E-state index contributed by atoms with van der Waals surface area (Å²) in [7, 11) is 2.90. The van der Waals surface area contributed by atoms with Crippen molar-refractivity contribution < 1.29 is 28.2 Å². The number of rotatable bonds is 8. The molecule has 3 rings (SSSR count). The fraction of sp³-hybridized carbons (Fsp3) is 0.417. The van der Waals surface area contributed by atoms with Crippen LogP contribution in [0.2, 0.25) is 5.15 Å². The average molecular weight is 537 g/mol. The second-order valence-electron chi connectivity index (χ2n) is 9.35. The zero-order valence-electron chi connectivity index (χ0n) is 21.5. The van der Waals surface area contributed by atoms with Gasteiger partial charge in [-0.05, 0) is 33.8 Å². The maximum absolute atomic E-state index is 14.2. The number of hydrogen-bond donors (Lipinski definition) is 2. The summed E-state index contributed by atoms with van der Waals surface area (Å²) < 4.78 is 31.5. The van der Waals surface area contributed by atoms with Crippen LogP contribution in [0.3, 0.4) is 0 Å². The Labute approximate surface area is 218 Å². The van der Waals surface area contributed by atoms with Gasteiger partial charge >= 0.3 is 6.09 Å². The van der Waals surface area contributed by atoms with Crippen molar-refractivity contribution in [2.24, 2.45) is 0 Å². The summed E-state index contributed by atoms with van der Waals surface area (Å²) >= 11 is 6.18. The molecule has 13 heteroatoms. The highest BCUT2D eigenvalue weighted by Gasteiger charge is 2.25. The SMILES string of the molecule is COc1cc(F)c(COC[C@@H](C)NC(=O)c2cnn3c(N(C)C(=O)OC(C)(C)C)cc(Cl)nc23)cc1N. The van der Waals surface area contributed by atoms with Crippen molar-refractivity contribution in [1.29, 1.82) is 0 Å². The van der Waals surface area contributed by atoms with Gasteiger partial charge in [0.05, 0.1) is 32.2 Å². The minimum Gasteiger partial charge on any atom is -0.494 e. The molecule has 0 saturated carbocycles. The van der Waals surface area contributed by atoms with Gasteiger partial charge in [0.25, 0.3) is 5.91 Å². The summed E-state index contributed by atoms with van der Waals surface area (Å²) in [5.41, 5.74) is 5.97. The van der Waals surface area contributed by atoms with Crippen LogP contribution < -0.4 is 20.7 Å². The molecule has 3 N–H and O–H groups in total. The van der Waals surface area contributed by atoms with Gasteiger partial charge in [0.15, 0.2) is 5.65 Å². The van der Waals surface area contributed by atoms with Crippen LogP contribution in [0.1, 0.15) is 43.6 Å². The van der Waals surface area contributed by atoms with Crippen molar-refractivity contribution >= 4 is 40.8 Å². The lowest BCUT2D eigenvalue weighted by Gasteiger charge is -2.24. The van der Waals surface area contributed by atoms with Crippen molar-refractivity contribution in [1.82, 2.24) is 19.9 Å². The predicted octanol–water partition coefficient (Wildman–Crippen LogP) is 3.82. The van der Waals surface area contributed by atoms with Crippen molar-refractivity contribution in [2.75, 3.05) is 31.4 Å². The van der Waals surface area contributed by atoms with Crippen molar-refractivity contribution in [2.45, 2.75) is 45.9 Å². The Morgan fingerprint density at radius 2 is 2.00 bits per heavy atom. The second-order valence-corrected chi connectivity index (χ2v) is 9.73. The molecular weight excluding hydrogens is 507 g/mol. The maximum atomic E-state index is 14.2. The van der Waals surface area contributed by atoms with E-state index >= 15 is 0 Å². The molecule has 0 aliphatic rings. The molecule has 1 atom stereocenters. The molecular formula is C24H30ClFN6O5. The second kappa shape index (κ2) is 11.2. The number of fused-ring (bicyclic) bond motifs is 1. The minimum absolute atomic E-state index is 0.0471. The van der Waals surface area contributed by atoms with Crippen LogP contribution in [0, 0.1) is 5.82 Å². The molecule has 11 nitrogen and oxygen atoms in total. The highest BCUT2D eigenvalue weighted by Crippen LogP contribution is 2.26. The number of hydrogen-bond acceptors (Lipinski definition) is 8. The van der Waals surface area contributed by atoms with E-state index in [2.05, 4.69) is 15.4 Å². The summed E-state index contributed by atoms with van der Waals surface area (Å²) in [5, 5.41) is 7.05. The van der Waals surface area contributed by atoms with Gasteiger partial charge in [-0.3, -0.25) is 9.69 Å². The number of aromatic nitrogens is 3. The summed E-state index contributed by atoms with van der Waals surface area (Å²) in [6, 6.07) is 3.63. The highest BCUT2D eigenvalue weighted by molar-refractivity contribution is 6.30. The first kappa shape index (κ1) is 27.9. The van der Waals surface area contributed by atoms with Gasteiger partial charge in [0.2, 0.25) is 0 Å². The Balaban J connectivity index is 1.69. The Morgan fingerprint density at radius 3 is 2.65 bits per heavy atom. The van der Waals surface area contributed by atoms with Crippen LogP contribution in [0.15, 0.2) is 24.4 Å². The Kier molecular flexibility index (Phi) is 8.44.